The predicted octanol–water partition coefficient (Wildman–Crippen LogP) is 1.85. The second-order valence-corrected chi connectivity index (χ2v) is 8.03. The number of amides is 3. The van der Waals surface area contributed by atoms with Gasteiger partial charge in [-0.2, -0.15) is 4.37 Å². The number of aryl methyl sites for hydroxylation is 1. The summed E-state index contributed by atoms with van der Waals surface area (Å²) in [6.45, 7) is 1.65. The summed E-state index contributed by atoms with van der Waals surface area (Å²) >= 11 is 0.774. The minimum atomic E-state index is -0.818. The minimum Gasteiger partial charge on any atom is -0.495 e. The second-order valence-electron chi connectivity index (χ2n) is 7.25. The van der Waals surface area contributed by atoms with Crippen molar-refractivity contribution in [3.05, 3.63) is 34.3 Å². The quantitative estimate of drug-likeness (QED) is 0.611. The number of carbonyl (C=O) groups is 3. The molecule has 1 aliphatic rings. The van der Waals surface area contributed by atoms with Gasteiger partial charge in [0.1, 0.15) is 17.2 Å². The molecule has 0 aliphatic heterocycles. The number of hydrogen-bond acceptors (Lipinski definition) is 7. The van der Waals surface area contributed by atoms with Crippen LogP contribution in [0, 0.1) is 6.92 Å². The highest BCUT2D eigenvalue weighted by Gasteiger charge is 2.30. The van der Waals surface area contributed by atoms with Crippen LogP contribution in [0.1, 0.15) is 51.4 Å². The van der Waals surface area contributed by atoms with Gasteiger partial charge in [-0.05, 0) is 49.0 Å². The zero-order valence-corrected chi connectivity index (χ0v) is 17.8. The van der Waals surface area contributed by atoms with Gasteiger partial charge in [0, 0.05) is 6.04 Å². The molecule has 10 heteroatoms. The van der Waals surface area contributed by atoms with Crippen LogP contribution in [-0.4, -0.2) is 41.8 Å². The maximum Gasteiger partial charge on any atom is 0.272 e. The van der Waals surface area contributed by atoms with Crippen molar-refractivity contribution < 1.29 is 19.1 Å². The molecule has 2 aromatic rings. The van der Waals surface area contributed by atoms with E-state index in [1.54, 1.807) is 12.1 Å². The maximum absolute atomic E-state index is 13.4. The van der Waals surface area contributed by atoms with Crippen molar-refractivity contribution in [3.8, 4) is 5.75 Å². The molecule has 9 nitrogen and oxygen atoms in total. The van der Waals surface area contributed by atoms with Crippen molar-refractivity contribution in [3.63, 3.8) is 0 Å². The first-order valence-corrected chi connectivity index (χ1v) is 10.4. The fraction of sp³-hybridized carbons (Fsp3) is 0.400. The first-order chi connectivity index (χ1) is 14.3. The van der Waals surface area contributed by atoms with Gasteiger partial charge in [0.05, 0.1) is 18.5 Å². The first-order valence-electron chi connectivity index (χ1n) is 9.62. The summed E-state index contributed by atoms with van der Waals surface area (Å²) in [5.74, 6) is -1.22. The lowest BCUT2D eigenvalue weighted by Crippen LogP contribution is -2.43. The van der Waals surface area contributed by atoms with Crippen LogP contribution in [0.15, 0.2) is 18.2 Å². The number of ether oxygens (including phenoxy) is 1. The molecule has 3 rings (SSSR count). The Morgan fingerprint density at radius 2 is 2.00 bits per heavy atom. The molecule has 1 fully saturated rings. The van der Waals surface area contributed by atoms with Gasteiger partial charge in [-0.25, -0.2) is 0 Å². The normalized spacial score (nSPS) is 13.8. The third kappa shape index (κ3) is 4.54. The Hall–Kier alpha value is -3.14. The molecule has 0 saturated heterocycles. The van der Waals surface area contributed by atoms with E-state index in [9.17, 15) is 14.4 Å². The van der Waals surface area contributed by atoms with Crippen LogP contribution in [-0.2, 0) is 4.79 Å². The Labute approximate surface area is 178 Å². The molecule has 1 heterocycles. The smallest absolute Gasteiger partial charge is 0.272 e. The van der Waals surface area contributed by atoms with E-state index in [2.05, 4.69) is 9.69 Å². The van der Waals surface area contributed by atoms with Crippen molar-refractivity contribution in [1.29, 1.82) is 0 Å². The first kappa shape index (κ1) is 21.6. The molecule has 1 aromatic heterocycles. The molecule has 1 aliphatic carbocycles. The number of primary amides is 1. The third-order valence-electron chi connectivity index (χ3n) is 5.05. The van der Waals surface area contributed by atoms with Gasteiger partial charge in [0.15, 0.2) is 5.69 Å². The van der Waals surface area contributed by atoms with E-state index in [1.807, 2.05) is 13.0 Å². The predicted molar refractivity (Wildman–Crippen MR) is 115 cm³/mol. The Kier molecular flexibility index (Phi) is 6.56. The van der Waals surface area contributed by atoms with Crippen LogP contribution in [0.5, 0.6) is 5.75 Å². The fourth-order valence-corrected chi connectivity index (χ4v) is 4.27. The van der Waals surface area contributed by atoms with E-state index in [0.717, 1.165) is 42.8 Å². The summed E-state index contributed by atoms with van der Waals surface area (Å²) in [6.07, 6.45) is 4.01. The van der Waals surface area contributed by atoms with Crippen molar-refractivity contribution in [1.82, 2.24) is 9.69 Å². The lowest BCUT2D eigenvalue weighted by atomic mass is 10.1. The molecule has 0 spiro atoms. The molecule has 0 bridgehead atoms. The lowest BCUT2D eigenvalue weighted by molar-refractivity contribution is -0.120. The van der Waals surface area contributed by atoms with Crippen molar-refractivity contribution in [2.24, 2.45) is 5.73 Å². The zero-order valence-electron chi connectivity index (χ0n) is 16.9. The van der Waals surface area contributed by atoms with Crippen molar-refractivity contribution >= 4 is 40.6 Å². The molecule has 0 unspecified atom stereocenters. The fourth-order valence-electron chi connectivity index (χ4n) is 3.52. The monoisotopic (exact) mass is 431 g/mol. The van der Waals surface area contributed by atoms with Crippen LogP contribution in [0.3, 0.4) is 0 Å². The SMILES string of the molecule is COc1ccc(C)cc1N(CC(=O)NC1CCCC1)C(=O)c1snc(C(N)=O)c1N. The maximum atomic E-state index is 13.4. The zero-order chi connectivity index (χ0) is 21.8. The Balaban J connectivity index is 1.96. The Morgan fingerprint density at radius 3 is 2.60 bits per heavy atom. The van der Waals surface area contributed by atoms with Crippen LogP contribution < -0.4 is 26.4 Å². The van der Waals surface area contributed by atoms with Gasteiger partial charge in [-0.3, -0.25) is 19.3 Å². The second kappa shape index (κ2) is 9.12. The number of nitrogens with two attached hydrogens (primary N) is 2. The topological polar surface area (TPSA) is 141 Å². The number of carbonyl (C=O) groups excluding carboxylic acids is 3. The highest BCUT2D eigenvalue weighted by Crippen LogP contribution is 2.32. The van der Waals surface area contributed by atoms with E-state index in [4.69, 9.17) is 16.2 Å². The third-order valence-corrected chi connectivity index (χ3v) is 5.90. The van der Waals surface area contributed by atoms with Gasteiger partial charge in [-0.1, -0.05) is 18.9 Å². The summed E-state index contributed by atoms with van der Waals surface area (Å²) < 4.78 is 9.31. The van der Waals surface area contributed by atoms with Gasteiger partial charge in [-0.15, -0.1) is 0 Å². The summed E-state index contributed by atoms with van der Waals surface area (Å²) in [7, 11) is 1.49. The largest absolute Gasteiger partial charge is 0.495 e. The summed E-state index contributed by atoms with van der Waals surface area (Å²) in [5.41, 5.74) is 12.3. The average Bonchev–Trinajstić information content (AvgIpc) is 3.35. The highest BCUT2D eigenvalue weighted by molar-refractivity contribution is 7.09. The van der Waals surface area contributed by atoms with Gasteiger partial charge < -0.3 is 21.5 Å². The average molecular weight is 432 g/mol. The molecule has 0 atom stereocenters. The van der Waals surface area contributed by atoms with E-state index < -0.39 is 11.8 Å². The van der Waals surface area contributed by atoms with E-state index in [0.29, 0.717) is 11.4 Å². The Bertz CT molecular complexity index is 968. The molecule has 30 heavy (non-hydrogen) atoms. The molecule has 160 valence electrons. The molecule has 0 radical (unpaired) electrons. The summed E-state index contributed by atoms with van der Waals surface area (Å²) in [6, 6.07) is 5.44. The molecular formula is C20H25N5O4S. The van der Waals surface area contributed by atoms with E-state index >= 15 is 0 Å². The molecule has 1 aromatic carbocycles. The molecule has 1 saturated carbocycles. The number of aromatic nitrogens is 1. The molecule has 3 amide bonds. The number of rotatable bonds is 7. The van der Waals surface area contributed by atoms with Crippen LogP contribution in [0.2, 0.25) is 0 Å². The number of nitrogen functional groups attached to an aromatic ring is 1. The number of hydrogen-bond donors (Lipinski definition) is 3. The van der Waals surface area contributed by atoms with Crippen molar-refractivity contribution in [2.45, 2.75) is 38.6 Å². The number of nitrogens with one attached hydrogen (secondary N) is 1. The van der Waals surface area contributed by atoms with Gasteiger partial charge in [0.25, 0.3) is 11.8 Å². The number of anilines is 2. The van der Waals surface area contributed by atoms with Crippen molar-refractivity contribution in [2.75, 3.05) is 24.3 Å². The lowest BCUT2D eigenvalue weighted by Gasteiger charge is -2.25. The standard InChI is InChI=1S/C20H25N5O4S/c1-11-7-8-14(29-2)13(9-11)25(10-15(26)23-12-5-3-4-6-12)20(28)18-16(21)17(19(22)27)24-30-18/h7-9,12H,3-6,10,21H2,1-2H3,(H2,22,27)(H,23,26). The number of methoxy groups -OCH3 is 1. The Morgan fingerprint density at radius 1 is 1.30 bits per heavy atom. The van der Waals surface area contributed by atoms with Gasteiger partial charge >= 0.3 is 0 Å². The highest BCUT2D eigenvalue weighted by atomic mass is 32.1. The summed E-state index contributed by atoms with van der Waals surface area (Å²) in [4.78, 5) is 39.0. The van der Waals surface area contributed by atoms with Crippen LogP contribution in [0.25, 0.3) is 0 Å². The molecule has 5 N–H and O–H groups in total. The summed E-state index contributed by atoms with van der Waals surface area (Å²) in [5, 5.41) is 2.98. The van der Waals surface area contributed by atoms with E-state index in [-0.39, 0.29) is 34.8 Å². The number of benzene rings is 1. The molecular weight excluding hydrogens is 406 g/mol. The van der Waals surface area contributed by atoms with Crippen LogP contribution in [0.4, 0.5) is 11.4 Å². The van der Waals surface area contributed by atoms with Gasteiger partial charge in [0.2, 0.25) is 5.91 Å². The van der Waals surface area contributed by atoms with E-state index in [1.165, 1.54) is 12.0 Å². The number of nitrogens with zero attached hydrogens (tertiary/aromatic N) is 2. The van der Waals surface area contributed by atoms with Crippen LogP contribution >= 0.6 is 11.5 Å². The minimum absolute atomic E-state index is 0.0426.